The number of rotatable bonds is 3. The van der Waals surface area contributed by atoms with E-state index in [0.29, 0.717) is 32.5 Å². The minimum absolute atomic E-state index is 0.117. The Hall–Kier alpha value is -1.88. The molecule has 112 valence electrons. The van der Waals surface area contributed by atoms with E-state index in [1.165, 1.54) is 11.1 Å². The van der Waals surface area contributed by atoms with Crippen molar-refractivity contribution in [1.29, 1.82) is 0 Å². The molecule has 0 aliphatic carbocycles. The monoisotopic (exact) mass is 288 g/mol. The van der Waals surface area contributed by atoms with Crippen molar-refractivity contribution in [2.75, 3.05) is 19.6 Å². The number of hydrogen-bond acceptors (Lipinski definition) is 3. The van der Waals surface area contributed by atoms with Crippen LogP contribution in [0.15, 0.2) is 24.3 Å². The fraction of sp³-hybridized carbons (Fsp3) is 0.500. The number of piperidine rings is 1. The normalized spacial score (nSPS) is 19.5. The molecule has 1 amide bonds. The van der Waals surface area contributed by atoms with Crippen LogP contribution in [0.25, 0.3) is 0 Å². The number of hydrogen-bond donors (Lipinski definition) is 1. The van der Waals surface area contributed by atoms with Crippen molar-refractivity contribution >= 4 is 11.9 Å². The minimum atomic E-state index is -0.739. The molecule has 5 nitrogen and oxygen atoms in total. The maximum absolute atomic E-state index is 12.3. The highest BCUT2D eigenvalue weighted by Crippen LogP contribution is 2.23. The van der Waals surface area contributed by atoms with Crippen molar-refractivity contribution in [3.8, 4) is 0 Å². The van der Waals surface area contributed by atoms with Gasteiger partial charge in [0.1, 0.15) is 0 Å². The molecular weight excluding hydrogens is 268 g/mol. The van der Waals surface area contributed by atoms with Crippen LogP contribution in [0.4, 0.5) is 0 Å². The molecule has 1 aromatic rings. The van der Waals surface area contributed by atoms with Gasteiger partial charge < -0.3 is 10.0 Å². The van der Waals surface area contributed by atoms with Crippen LogP contribution in [0.1, 0.15) is 24.0 Å². The Kier molecular flexibility index (Phi) is 3.92. The van der Waals surface area contributed by atoms with Gasteiger partial charge in [-0.2, -0.15) is 0 Å². The van der Waals surface area contributed by atoms with Gasteiger partial charge in [0, 0.05) is 26.2 Å². The summed E-state index contributed by atoms with van der Waals surface area (Å²) in [5.41, 5.74) is 2.60. The van der Waals surface area contributed by atoms with E-state index < -0.39 is 5.97 Å². The molecule has 1 fully saturated rings. The first kappa shape index (κ1) is 14.1. The topological polar surface area (TPSA) is 60.9 Å². The van der Waals surface area contributed by atoms with Crippen LogP contribution in [0.3, 0.4) is 0 Å². The fourth-order valence-electron chi connectivity index (χ4n) is 3.18. The highest BCUT2D eigenvalue weighted by Gasteiger charge is 2.28. The molecule has 0 spiro atoms. The quantitative estimate of drug-likeness (QED) is 0.911. The highest BCUT2D eigenvalue weighted by molar-refractivity contribution is 5.79. The molecule has 2 heterocycles. The molecule has 2 aliphatic rings. The van der Waals surface area contributed by atoms with Crippen LogP contribution >= 0.6 is 0 Å². The minimum Gasteiger partial charge on any atom is -0.481 e. The second-order valence-corrected chi connectivity index (χ2v) is 5.91. The van der Waals surface area contributed by atoms with Gasteiger partial charge >= 0.3 is 5.97 Å². The van der Waals surface area contributed by atoms with Crippen LogP contribution in [0.5, 0.6) is 0 Å². The molecule has 0 saturated carbocycles. The Bertz CT molecular complexity index is 525. The predicted octanol–water partition coefficient (Wildman–Crippen LogP) is 1.33. The van der Waals surface area contributed by atoms with Crippen molar-refractivity contribution in [2.24, 2.45) is 5.92 Å². The van der Waals surface area contributed by atoms with Gasteiger partial charge in [0.05, 0.1) is 12.5 Å². The lowest BCUT2D eigenvalue weighted by atomic mass is 9.97. The van der Waals surface area contributed by atoms with Gasteiger partial charge in [-0.15, -0.1) is 0 Å². The lowest BCUT2D eigenvalue weighted by Gasteiger charge is -2.31. The Morgan fingerprint density at radius 3 is 2.19 bits per heavy atom. The van der Waals surface area contributed by atoms with E-state index in [-0.39, 0.29) is 11.8 Å². The van der Waals surface area contributed by atoms with Crippen LogP contribution < -0.4 is 0 Å². The molecule has 0 unspecified atom stereocenters. The zero-order chi connectivity index (χ0) is 14.8. The first-order valence-electron chi connectivity index (χ1n) is 7.43. The van der Waals surface area contributed by atoms with Crippen LogP contribution in [-0.2, 0) is 22.7 Å². The first-order valence-corrected chi connectivity index (χ1v) is 7.43. The molecule has 5 heteroatoms. The van der Waals surface area contributed by atoms with Crippen molar-refractivity contribution < 1.29 is 14.7 Å². The SMILES string of the molecule is O=C(O)C1CCN(C(=O)CN2Cc3ccccc3C2)CC1. The van der Waals surface area contributed by atoms with Gasteiger partial charge in [0.2, 0.25) is 5.91 Å². The van der Waals surface area contributed by atoms with Crippen molar-refractivity contribution in [3.63, 3.8) is 0 Å². The summed E-state index contributed by atoms with van der Waals surface area (Å²) in [7, 11) is 0. The summed E-state index contributed by atoms with van der Waals surface area (Å²) in [6.07, 6.45) is 1.14. The summed E-state index contributed by atoms with van der Waals surface area (Å²) in [6, 6.07) is 8.28. The second-order valence-electron chi connectivity index (χ2n) is 5.91. The average Bonchev–Trinajstić information content (AvgIpc) is 2.89. The van der Waals surface area contributed by atoms with Crippen LogP contribution in [0, 0.1) is 5.92 Å². The number of aliphatic carboxylic acids is 1. The van der Waals surface area contributed by atoms with Crippen molar-refractivity contribution in [1.82, 2.24) is 9.80 Å². The van der Waals surface area contributed by atoms with E-state index >= 15 is 0 Å². The number of carboxylic acids is 1. The number of carbonyl (C=O) groups excluding carboxylic acids is 1. The van der Waals surface area contributed by atoms with Crippen LogP contribution in [-0.4, -0.2) is 46.4 Å². The number of carbonyl (C=O) groups is 2. The molecule has 0 radical (unpaired) electrons. The Labute approximate surface area is 124 Å². The van der Waals surface area contributed by atoms with Crippen molar-refractivity contribution in [3.05, 3.63) is 35.4 Å². The van der Waals surface area contributed by atoms with Gasteiger partial charge in [0.15, 0.2) is 0 Å². The molecule has 2 aliphatic heterocycles. The Morgan fingerprint density at radius 1 is 1.10 bits per heavy atom. The average molecular weight is 288 g/mol. The zero-order valence-electron chi connectivity index (χ0n) is 12.0. The zero-order valence-corrected chi connectivity index (χ0v) is 12.0. The van der Waals surface area contributed by atoms with E-state index in [2.05, 4.69) is 17.0 Å². The lowest BCUT2D eigenvalue weighted by Crippen LogP contribution is -2.44. The van der Waals surface area contributed by atoms with Gasteiger partial charge in [0.25, 0.3) is 0 Å². The van der Waals surface area contributed by atoms with E-state index in [0.717, 1.165) is 13.1 Å². The summed E-state index contributed by atoms with van der Waals surface area (Å²) in [5, 5.41) is 8.98. The third-order valence-corrected chi connectivity index (χ3v) is 4.46. The predicted molar refractivity (Wildman–Crippen MR) is 77.5 cm³/mol. The second kappa shape index (κ2) is 5.85. The lowest BCUT2D eigenvalue weighted by molar-refractivity contribution is -0.146. The van der Waals surface area contributed by atoms with Gasteiger partial charge in [-0.1, -0.05) is 24.3 Å². The molecular formula is C16H20N2O3. The molecule has 1 aromatic carbocycles. The molecule has 1 N–H and O–H groups in total. The number of likely N-dealkylation sites (tertiary alicyclic amines) is 1. The summed E-state index contributed by atoms with van der Waals surface area (Å²) >= 11 is 0. The number of amides is 1. The first-order chi connectivity index (χ1) is 10.1. The number of nitrogens with zero attached hydrogens (tertiary/aromatic N) is 2. The van der Waals surface area contributed by atoms with E-state index in [4.69, 9.17) is 5.11 Å². The van der Waals surface area contributed by atoms with E-state index in [1.54, 1.807) is 0 Å². The maximum Gasteiger partial charge on any atom is 0.306 e. The standard InChI is InChI=1S/C16H20N2O3/c19-15(18-7-5-12(6-8-18)16(20)21)11-17-9-13-3-1-2-4-14(13)10-17/h1-4,12H,5-11H2,(H,20,21). The number of carboxylic acid groups (broad SMARTS) is 1. The smallest absolute Gasteiger partial charge is 0.306 e. The molecule has 1 saturated heterocycles. The van der Waals surface area contributed by atoms with E-state index in [1.807, 2.05) is 17.0 Å². The summed E-state index contributed by atoms with van der Waals surface area (Å²) < 4.78 is 0. The number of benzene rings is 1. The Morgan fingerprint density at radius 2 is 1.67 bits per heavy atom. The third-order valence-electron chi connectivity index (χ3n) is 4.46. The van der Waals surface area contributed by atoms with Crippen LogP contribution in [0.2, 0.25) is 0 Å². The summed E-state index contributed by atoms with van der Waals surface area (Å²) in [6.45, 7) is 3.21. The molecule has 0 bridgehead atoms. The number of fused-ring (bicyclic) bond motifs is 1. The molecule has 0 atom stereocenters. The van der Waals surface area contributed by atoms with Gasteiger partial charge in [-0.3, -0.25) is 14.5 Å². The molecule has 0 aromatic heterocycles. The van der Waals surface area contributed by atoms with Crippen molar-refractivity contribution in [2.45, 2.75) is 25.9 Å². The van der Waals surface area contributed by atoms with Gasteiger partial charge in [-0.05, 0) is 24.0 Å². The maximum atomic E-state index is 12.3. The van der Waals surface area contributed by atoms with Gasteiger partial charge in [-0.25, -0.2) is 0 Å². The summed E-state index contributed by atoms with van der Waals surface area (Å²) in [5.74, 6) is -0.908. The largest absolute Gasteiger partial charge is 0.481 e. The fourth-order valence-corrected chi connectivity index (χ4v) is 3.18. The highest BCUT2D eigenvalue weighted by atomic mass is 16.4. The Balaban J connectivity index is 1.51. The molecule has 21 heavy (non-hydrogen) atoms. The summed E-state index contributed by atoms with van der Waals surface area (Å²) in [4.78, 5) is 27.2. The molecule has 3 rings (SSSR count). The van der Waals surface area contributed by atoms with E-state index in [9.17, 15) is 9.59 Å². The third kappa shape index (κ3) is 3.08.